The number of ether oxygens (including phenoxy) is 1. The Balaban J connectivity index is 1.51. The molecule has 0 unspecified atom stereocenters. The van der Waals surface area contributed by atoms with Crippen molar-refractivity contribution in [2.45, 2.75) is 23.9 Å². The summed E-state index contributed by atoms with van der Waals surface area (Å²) in [5.74, 6) is 0.707. The van der Waals surface area contributed by atoms with Gasteiger partial charge >= 0.3 is 0 Å². The van der Waals surface area contributed by atoms with Crippen LogP contribution in [0.25, 0.3) is 0 Å². The molecule has 0 bridgehead atoms. The third-order valence-corrected chi connectivity index (χ3v) is 4.97. The number of thioether (sulfide) groups is 1. The second-order valence-electron chi connectivity index (χ2n) is 5.87. The molecule has 1 amide bonds. The lowest BCUT2D eigenvalue weighted by Crippen LogP contribution is -2.22. The van der Waals surface area contributed by atoms with Crippen molar-refractivity contribution in [1.82, 2.24) is 9.55 Å². The standard InChI is InChI=1S/C20H21N3O2S/c1-15(26-20-21-12-13-23(20)2)19(24)22-17-8-10-18(11-9-17)25-14-16-6-4-3-5-7-16/h3-13,15H,14H2,1-2H3,(H,22,24)/t15-/m0/s1. The molecule has 0 fully saturated rings. The Bertz CT molecular complexity index is 847. The van der Waals surface area contributed by atoms with Gasteiger partial charge < -0.3 is 14.6 Å². The summed E-state index contributed by atoms with van der Waals surface area (Å²) in [4.78, 5) is 16.6. The summed E-state index contributed by atoms with van der Waals surface area (Å²) < 4.78 is 7.65. The fourth-order valence-corrected chi connectivity index (χ4v) is 3.13. The lowest BCUT2D eigenvalue weighted by Gasteiger charge is -2.12. The number of carbonyl (C=O) groups excluding carboxylic acids is 1. The first-order chi connectivity index (χ1) is 12.6. The Morgan fingerprint density at radius 1 is 1.19 bits per heavy atom. The number of amides is 1. The van der Waals surface area contributed by atoms with Gasteiger partial charge in [0.05, 0.1) is 5.25 Å². The molecular weight excluding hydrogens is 346 g/mol. The number of hydrogen-bond acceptors (Lipinski definition) is 4. The van der Waals surface area contributed by atoms with Crippen LogP contribution in [0.2, 0.25) is 0 Å². The zero-order valence-corrected chi connectivity index (χ0v) is 15.6. The maximum absolute atomic E-state index is 12.3. The van der Waals surface area contributed by atoms with Gasteiger partial charge in [-0.05, 0) is 36.8 Å². The van der Waals surface area contributed by atoms with Crippen molar-refractivity contribution in [1.29, 1.82) is 0 Å². The highest BCUT2D eigenvalue weighted by Crippen LogP contribution is 2.23. The van der Waals surface area contributed by atoms with E-state index in [9.17, 15) is 4.79 Å². The van der Waals surface area contributed by atoms with Crippen LogP contribution in [0.4, 0.5) is 5.69 Å². The van der Waals surface area contributed by atoms with Gasteiger partial charge in [-0.1, -0.05) is 42.1 Å². The summed E-state index contributed by atoms with van der Waals surface area (Å²) in [6, 6.07) is 17.4. The highest BCUT2D eigenvalue weighted by Gasteiger charge is 2.16. The number of hydrogen-bond donors (Lipinski definition) is 1. The van der Waals surface area contributed by atoms with Gasteiger partial charge in [0.25, 0.3) is 0 Å². The number of benzene rings is 2. The molecule has 0 spiro atoms. The lowest BCUT2D eigenvalue weighted by molar-refractivity contribution is -0.115. The van der Waals surface area contributed by atoms with E-state index in [0.29, 0.717) is 6.61 Å². The van der Waals surface area contributed by atoms with E-state index in [1.165, 1.54) is 11.8 Å². The predicted molar refractivity (Wildman–Crippen MR) is 104 cm³/mol. The van der Waals surface area contributed by atoms with Crippen LogP contribution in [0.15, 0.2) is 72.1 Å². The summed E-state index contributed by atoms with van der Waals surface area (Å²) in [6.45, 7) is 2.38. The van der Waals surface area contributed by atoms with Crippen molar-refractivity contribution in [2.24, 2.45) is 7.05 Å². The zero-order valence-electron chi connectivity index (χ0n) is 14.8. The lowest BCUT2D eigenvalue weighted by atomic mass is 10.2. The van der Waals surface area contributed by atoms with Crippen molar-refractivity contribution in [3.8, 4) is 5.75 Å². The van der Waals surface area contributed by atoms with Gasteiger partial charge in [0.2, 0.25) is 5.91 Å². The van der Waals surface area contributed by atoms with Crippen molar-refractivity contribution in [3.63, 3.8) is 0 Å². The van der Waals surface area contributed by atoms with E-state index in [4.69, 9.17) is 4.74 Å². The molecule has 3 rings (SSSR count). The maximum atomic E-state index is 12.3. The SMILES string of the molecule is C[C@H](Sc1nccn1C)C(=O)Nc1ccc(OCc2ccccc2)cc1. The van der Waals surface area contributed by atoms with Crippen LogP contribution in [0, 0.1) is 0 Å². The largest absolute Gasteiger partial charge is 0.489 e. The number of imidazole rings is 1. The van der Waals surface area contributed by atoms with Crippen molar-refractivity contribution in [2.75, 3.05) is 5.32 Å². The molecule has 1 N–H and O–H groups in total. The Kier molecular flexibility index (Phi) is 5.96. The van der Waals surface area contributed by atoms with Crippen LogP contribution in [0.5, 0.6) is 5.75 Å². The minimum Gasteiger partial charge on any atom is -0.489 e. The van der Waals surface area contributed by atoms with Crippen LogP contribution in [-0.4, -0.2) is 20.7 Å². The zero-order chi connectivity index (χ0) is 18.4. The van der Waals surface area contributed by atoms with E-state index >= 15 is 0 Å². The molecule has 0 aliphatic carbocycles. The summed E-state index contributed by atoms with van der Waals surface area (Å²) in [6.07, 6.45) is 3.59. The second-order valence-corrected chi connectivity index (χ2v) is 7.18. The number of carbonyl (C=O) groups is 1. The molecule has 6 heteroatoms. The first-order valence-corrected chi connectivity index (χ1v) is 9.21. The number of anilines is 1. The van der Waals surface area contributed by atoms with E-state index in [2.05, 4.69) is 10.3 Å². The molecular formula is C20H21N3O2S. The Morgan fingerprint density at radius 2 is 1.92 bits per heavy atom. The first-order valence-electron chi connectivity index (χ1n) is 8.33. The second kappa shape index (κ2) is 8.58. The third kappa shape index (κ3) is 4.89. The summed E-state index contributed by atoms with van der Waals surface area (Å²) >= 11 is 1.43. The normalized spacial score (nSPS) is 11.8. The van der Waals surface area contributed by atoms with Gasteiger partial charge in [-0.3, -0.25) is 4.79 Å². The minimum atomic E-state index is -0.245. The average molecular weight is 367 g/mol. The monoisotopic (exact) mass is 367 g/mol. The van der Waals surface area contributed by atoms with E-state index in [1.54, 1.807) is 6.20 Å². The summed E-state index contributed by atoms with van der Waals surface area (Å²) in [7, 11) is 1.91. The minimum absolute atomic E-state index is 0.0593. The van der Waals surface area contributed by atoms with Crippen molar-refractivity contribution in [3.05, 3.63) is 72.6 Å². The highest BCUT2D eigenvalue weighted by atomic mass is 32.2. The number of nitrogens with one attached hydrogen (secondary N) is 1. The predicted octanol–water partition coefficient (Wildman–Crippen LogP) is 4.12. The Morgan fingerprint density at radius 3 is 2.58 bits per heavy atom. The quantitative estimate of drug-likeness (QED) is 0.638. The van der Waals surface area contributed by atoms with E-state index < -0.39 is 0 Å². The Labute approximate surface area is 157 Å². The van der Waals surface area contributed by atoms with Gasteiger partial charge in [0.15, 0.2) is 5.16 Å². The Hall–Kier alpha value is -2.73. The molecule has 5 nitrogen and oxygen atoms in total. The maximum Gasteiger partial charge on any atom is 0.237 e. The first kappa shape index (κ1) is 18.1. The average Bonchev–Trinajstić information content (AvgIpc) is 3.06. The molecule has 0 aliphatic heterocycles. The molecule has 1 aromatic heterocycles. The molecule has 1 atom stereocenters. The van der Waals surface area contributed by atoms with Crippen LogP contribution in [-0.2, 0) is 18.4 Å². The molecule has 0 radical (unpaired) electrons. The molecule has 3 aromatic rings. The van der Waals surface area contributed by atoms with Gasteiger partial charge in [0, 0.05) is 25.1 Å². The molecule has 0 saturated carbocycles. The fraction of sp³-hybridized carbons (Fsp3) is 0.200. The van der Waals surface area contributed by atoms with Gasteiger partial charge in [-0.25, -0.2) is 4.98 Å². The molecule has 2 aromatic carbocycles. The van der Waals surface area contributed by atoms with Crippen LogP contribution in [0.3, 0.4) is 0 Å². The van der Waals surface area contributed by atoms with Crippen LogP contribution < -0.4 is 10.1 Å². The third-order valence-electron chi connectivity index (χ3n) is 3.80. The fourth-order valence-electron chi connectivity index (χ4n) is 2.30. The molecule has 26 heavy (non-hydrogen) atoms. The summed E-state index contributed by atoms with van der Waals surface area (Å²) in [5, 5.41) is 3.49. The molecule has 134 valence electrons. The molecule has 0 aliphatic rings. The topological polar surface area (TPSA) is 56.2 Å². The van der Waals surface area contributed by atoms with E-state index in [-0.39, 0.29) is 11.2 Å². The number of aromatic nitrogens is 2. The van der Waals surface area contributed by atoms with Crippen molar-refractivity contribution < 1.29 is 9.53 Å². The van der Waals surface area contributed by atoms with Gasteiger partial charge in [0.1, 0.15) is 12.4 Å². The number of aryl methyl sites for hydroxylation is 1. The summed E-state index contributed by atoms with van der Waals surface area (Å²) in [5.41, 5.74) is 1.86. The van der Waals surface area contributed by atoms with E-state index in [0.717, 1.165) is 22.2 Å². The number of nitrogens with zero attached hydrogens (tertiary/aromatic N) is 2. The number of rotatable bonds is 7. The van der Waals surface area contributed by atoms with Crippen molar-refractivity contribution >= 4 is 23.4 Å². The van der Waals surface area contributed by atoms with E-state index in [1.807, 2.05) is 79.3 Å². The van der Waals surface area contributed by atoms with Crippen LogP contribution >= 0.6 is 11.8 Å². The highest BCUT2D eigenvalue weighted by molar-refractivity contribution is 8.00. The van der Waals surface area contributed by atoms with Gasteiger partial charge in [-0.15, -0.1) is 0 Å². The molecule has 1 heterocycles. The van der Waals surface area contributed by atoms with Gasteiger partial charge in [-0.2, -0.15) is 0 Å². The van der Waals surface area contributed by atoms with Crippen LogP contribution in [0.1, 0.15) is 12.5 Å². The molecule has 0 saturated heterocycles. The smallest absolute Gasteiger partial charge is 0.237 e.